The number of rotatable bonds is 0. The molecule has 0 radical (unpaired) electrons. The second-order valence-corrected chi connectivity index (χ2v) is 3.50. The summed E-state index contributed by atoms with van der Waals surface area (Å²) in [6, 6.07) is 7.18. The van der Waals surface area contributed by atoms with E-state index in [2.05, 4.69) is 4.98 Å². The van der Waals surface area contributed by atoms with Gasteiger partial charge in [-0.15, -0.1) is 0 Å². The molecule has 0 amide bonds. The lowest BCUT2D eigenvalue weighted by Crippen LogP contribution is -1.89. The molecule has 4 heteroatoms. The Labute approximate surface area is 85.3 Å². The van der Waals surface area contributed by atoms with Gasteiger partial charge in [-0.1, -0.05) is 29.3 Å². The van der Waals surface area contributed by atoms with Crippen LogP contribution in [-0.4, -0.2) is 4.98 Å². The van der Waals surface area contributed by atoms with E-state index in [9.17, 15) is 0 Å². The first kappa shape index (κ1) is 8.60. The van der Waals surface area contributed by atoms with E-state index in [0.29, 0.717) is 15.9 Å². The third kappa shape index (κ3) is 1.55. The van der Waals surface area contributed by atoms with Gasteiger partial charge in [0, 0.05) is 10.4 Å². The first-order chi connectivity index (χ1) is 6.16. The van der Waals surface area contributed by atoms with Crippen LogP contribution in [0.1, 0.15) is 0 Å². The van der Waals surface area contributed by atoms with E-state index in [1.54, 1.807) is 18.2 Å². The second-order valence-electron chi connectivity index (χ2n) is 2.71. The summed E-state index contributed by atoms with van der Waals surface area (Å²) in [5, 5.41) is 1.89. The molecule has 1 aromatic heterocycles. The fourth-order valence-corrected chi connectivity index (χ4v) is 1.45. The number of anilines is 1. The van der Waals surface area contributed by atoms with Gasteiger partial charge in [-0.25, -0.2) is 4.98 Å². The Hall–Kier alpha value is -0.990. The molecule has 0 unspecified atom stereocenters. The van der Waals surface area contributed by atoms with Crippen LogP contribution in [0.3, 0.4) is 0 Å². The first-order valence-corrected chi connectivity index (χ1v) is 4.44. The number of hydrogen-bond acceptors (Lipinski definition) is 2. The molecule has 0 fully saturated rings. The van der Waals surface area contributed by atoms with Gasteiger partial charge in [0.2, 0.25) is 0 Å². The maximum Gasteiger partial charge on any atom is 0.152 e. The molecule has 2 N–H and O–H groups in total. The highest BCUT2D eigenvalue weighted by Gasteiger charge is 2.01. The van der Waals surface area contributed by atoms with Crippen LogP contribution < -0.4 is 5.73 Å². The Morgan fingerprint density at radius 1 is 1.15 bits per heavy atom. The van der Waals surface area contributed by atoms with Crippen molar-refractivity contribution in [3.63, 3.8) is 0 Å². The number of nitrogens with zero attached hydrogens (tertiary/aromatic N) is 1. The number of nitrogens with two attached hydrogens (primary N) is 1. The largest absolute Gasteiger partial charge is 0.396 e. The molecule has 0 atom stereocenters. The average Bonchev–Trinajstić information content (AvgIpc) is 2.08. The van der Waals surface area contributed by atoms with Gasteiger partial charge in [-0.2, -0.15) is 0 Å². The highest BCUT2D eigenvalue weighted by molar-refractivity contribution is 6.33. The van der Waals surface area contributed by atoms with Crippen LogP contribution in [-0.2, 0) is 0 Å². The SMILES string of the molecule is Nc1cc2ccc(Cl)cc2nc1Cl. The first-order valence-electron chi connectivity index (χ1n) is 3.68. The Morgan fingerprint density at radius 3 is 2.69 bits per heavy atom. The number of benzene rings is 1. The molecule has 0 aliphatic rings. The lowest BCUT2D eigenvalue weighted by atomic mass is 10.2. The van der Waals surface area contributed by atoms with Crippen molar-refractivity contribution in [1.82, 2.24) is 4.98 Å². The fraction of sp³-hybridized carbons (Fsp3) is 0. The van der Waals surface area contributed by atoms with Gasteiger partial charge in [0.15, 0.2) is 5.15 Å². The molecule has 0 spiro atoms. The van der Waals surface area contributed by atoms with Gasteiger partial charge in [0.25, 0.3) is 0 Å². The van der Waals surface area contributed by atoms with Crippen molar-refractivity contribution in [2.24, 2.45) is 0 Å². The van der Waals surface area contributed by atoms with Crippen molar-refractivity contribution in [3.8, 4) is 0 Å². The summed E-state index contributed by atoms with van der Waals surface area (Å²) in [6.45, 7) is 0. The molecular formula is C9H6Cl2N2. The minimum Gasteiger partial charge on any atom is -0.396 e. The number of nitrogen functional groups attached to an aromatic ring is 1. The third-order valence-corrected chi connectivity index (χ3v) is 2.30. The Morgan fingerprint density at radius 2 is 1.92 bits per heavy atom. The van der Waals surface area contributed by atoms with Crippen molar-refractivity contribution < 1.29 is 0 Å². The summed E-state index contributed by atoms with van der Waals surface area (Å²) in [5.74, 6) is 0. The van der Waals surface area contributed by atoms with Crippen LogP contribution in [0.4, 0.5) is 5.69 Å². The quantitative estimate of drug-likeness (QED) is 0.682. The molecule has 66 valence electrons. The predicted octanol–water partition coefficient (Wildman–Crippen LogP) is 3.12. The van der Waals surface area contributed by atoms with Crippen molar-refractivity contribution in [3.05, 3.63) is 34.4 Å². The maximum absolute atomic E-state index is 5.80. The molecule has 1 heterocycles. The van der Waals surface area contributed by atoms with E-state index in [4.69, 9.17) is 28.9 Å². The predicted molar refractivity (Wildman–Crippen MR) is 56.2 cm³/mol. The molecule has 0 saturated carbocycles. The zero-order chi connectivity index (χ0) is 9.42. The number of hydrogen-bond donors (Lipinski definition) is 1. The van der Waals surface area contributed by atoms with Crippen molar-refractivity contribution in [2.45, 2.75) is 0 Å². The summed E-state index contributed by atoms with van der Waals surface area (Å²) in [7, 11) is 0. The molecule has 0 aliphatic carbocycles. The normalized spacial score (nSPS) is 10.6. The summed E-state index contributed by atoms with van der Waals surface area (Å²) in [4.78, 5) is 4.09. The lowest BCUT2D eigenvalue weighted by molar-refractivity contribution is 1.41. The van der Waals surface area contributed by atoms with Gasteiger partial charge in [-0.3, -0.25) is 0 Å². The standard InChI is InChI=1S/C9H6Cl2N2/c10-6-2-1-5-3-7(12)9(11)13-8(5)4-6/h1-4H,12H2. The average molecular weight is 213 g/mol. The zero-order valence-corrected chi connectivity index (χ0v) is 8.10. The maximum atomic E-state index is 5.80. The van der Waals surface area contributed by atoms with Gasteiger partial charge in [0.05, 0.1) is 11.2 Å². The smallest absolute Gasteiger partial charge is 0.152 e. The Bertz CT molecular complexity index is 468. The topological polar surface area (TPSA) is 38.9 Å². The van der Waals surface area contributed by atoms with E-state index in [0.717, 1.165) is 10.9 Å². The van der Waals surface area contributed by atoms with Gasteiger partial charge in [0.1, 0.15) is 0 Å². The molecular weight excluding hydrogens is 207 g/mol. The van der Waals surface area contributed by atoms with Crippen LogP contribution in [0, 0.1) is 0 Å². The van der Waals surface area contributed by atoms with Crippen molar-refractivity contribution in [1.29, 1.82) is 0 Å². The van der Waals surface area contributed by atoms with Crippen LogP contribution >= 0.6 is 23.2 Å². The van der Waals surface area contributed by atoms with Crippen molar-refractivity contribution in [2.75, 3.05) is 5.73 Å². The van der Waals surface area contributed by atoms with Crippen LogP contribution in [0.2, 0.25) is 10.2 Å². The summed E-state index contributed by atoms with van der Waals surface area (Å²) < 4.78 is 0. The minimum atomic E-state index is 0.315. The Balaban J connectivity index is 2.81. The van der Waals surface area contributed by atoms with Crippen LogP contribution in [0.25, 0.3) is 10.9 Å². The molecule has 2 rings (SSSR count). The Kier molecular flexibility index (Phi) is 2.02. The van der Waals surface area contributed by atoms with E-state index >= 15 is 0 Å². The van der Waals surface area contributed by atoms with E-state index in [1.165, 1.54) is 0 Å². The summed E-state index contributed by atoms with van der Waals surface area (Å²) >= 11 is 11.6. The van der Waals surface area contributed by atoms with Crippen molar-refractivity contribution >= 4 is 39.8 Å². The molecule has 0 saturated heterocycles. The number of pyridine rings is 1. The third-order valence-electron chi connectivity index (χ3n) is 1.76. The van der Waals surface area contributed by atoms with Gasteiger partial charge in [-0.05, 0) is 18.2 Å². The molecule has 1 aromatic carbocycles. The van der Waals surface area contributed by atoms with E-state index in [1.807, 2.05) is 6.07 Å². The molecule has 2 aromatic rings. The summed E-state index contributed by atoms with van der Waals surface area (Å²) in [6.07, 6.45) is 0. The monoisotopic (exact) mass is 212 g/mol. The fourth-order valence-electron chi connectivity index (χ4n) is 1.13. The minimum absolute atomic E-state index is 0.315. The number of aromatic nitrogens is 1. The van der Waals surface area contributed by atoms with Crippen LogP contribution in [0.5, 0.6) is 0 Å². The summed E-state index contributed by atoms with van der Waals surface area (Å²) in [5.41, 5.74) is 6.84. The molecule has 0 bridgehead atoms. The van der Waals surface area contributed by atoms with E-state index < -0.39 is 0 Å². The number of halogens is 2. The van der Waals surface area contributed by atoms with E-state index in [-0.39, 0.29) is 0 Å². The zero-order valence-electron chi connectivity index (χ0n) is 6.59. The van der Waals surface area contributed by atoms with Gasteiger partial charge < -0.3 is 5.73 Å². The highest BCUT2D eigenvalue weighted by atomic mass is 35.5. The molecule has 2 nitrogen and oxygen atoms in total. The highest BCUT2D eigenvalue weighted by Crippen LogP contribution is 2.24. The molecule has 0 aliphatic heterocycles. The molecule has 13 heavy (non-hydrogen) atoms. The van der Waals surface area contributed by atoms with Gasteiger partial charge >= 0.3 is 0 Å². The van der Waals surface area contributed by atoms with Crippen LogP contribution in [0.15, 0.2) is 24.3 Å². The second kappa shape index (κ2) is 3.05. The number of fused-ring (bicyclic) bond motifs is 1. The lowest BCUT2D eigenvalue weighted by Gasteiger charge is -2.01.